The van der Waals surface area contributed by atoms with Gasteiger partial charge in [-0.3, -0.25) is 0 Å². The topological polar surface area (TPSA) is 28.2 Å². The van der Waals surface area contributed by atoms with Crippen LogP contribution in [0.5, 0.6) is 0 Å². The van der Waals surface area contributed by atoms with Crippen molar-refractivity contribution in [3.05, 3.63) is 54.0 Å². The third-order valence-electron chi connectivity index (χ3n) is 4.86. The van der Waals surface area contributed by atoms with Crippen molar-refractivity contribution in [3.63, 3.8) is 0 Å². The van der Waals surface area contributed by atoms with E-state index < -0.39 is 0 Å². The van der Waals surface area contributed by atoms with Gasteiger partial charge in [-0.2, -0.15) is 0 Å². The standard InChI is InChI=1S/C19H22FN3/c20-18-13-16(6-7-17(18)14-4-5-14)22-15-8-11-23(12-9-15)19-3-1-2-10-21-19/h1-3,6-7,10,13-15,22H,4-5,8-9,11-12H2. The predicted octanol–water partition coefficient (Wildman–Crippen LogP) is 4.18. The van der Waals surface area contributed by atoms with Crippen molar-refractivity contribution in [2.75, 3.05) is 23.3 Å². The summed E-state index contributed by atoms with van der Waals surface area (Å²) in [7, 11) is 0. The van der Waals surface area contributed by atoms with Crippen LogP contribution in [0, 0.1) is 5.82 Å². The predicted molar refractivity (Wildman–Crippen MR) is 91.5 cm³/mol. The Hall–Kier alpha value is -2.10. The van der Waals surface area contributed by atoms with E-state index in [2.05, 4.69) is 21.3 Å². The minimum atomic E-state index is -0.0524. The zero-order chi connectivity index (χ0) is 15.6. The number of nitrogens with zero attached hydrogens (tertiary/aromatic N) is 2. The summed E-state index contributed by atoms with van der Waals surface area (Å²) in [6, 6.07) is 12.1. The lowest BCUT2D eigenvalue weighted by Crippen LogP contribution is -2.39. The largest absolute Gasteiger partial charge is 0.382 e. The number of nitrogens with one attached hydrogen (secondary N) is 1. The number of halogens is 1. The number of aromatic nitrogens is 1. The third kappa shape index (κ3) is 3.31. The highest BCUT2D eigenvalue weighted by Crippen LogP contribution is 2.41. The van der Waals surface area contributed by atoms with Gasteiger partial charge in [-0.15, -0.1) is 0 Å². The normalized spacial score (nSPS) is 18.9. The Bertz CT molecular complexity index is 662. The highest BCUT2D eigenvalue weighted by atomic mass is 19.1. The van der Waals surface area contributed by atoms with Gasteiger partial charge in [0.1, 0.15) is 11.6 Å². The van der Waals surface area contributed by atoms with E-state index in [1.807, 2.05) is 30.5 Å². The number of rotatable bonds is 4. The Morgan fingerprint density at radius 3 is 2.52 bits per heavy atom. The molecule has 3 nitrogen and oxygen atoms in total. The quantitative estimate of drug-likeness (QED) is 0.918. The lowest BCUT2D eigenvalue weighted by molar-refractivity contribution is 0.523. The van der Waals surface area contributed by atoms with Crippen LogP contribution in [0.1, 0.15) is 37.2 Å². The van der Waals surface area contributed by atoms with E-state index in [1.54, 1.807) is 6.07 Å². The van der Waals surface area contributed by atoms with Gasteiger partial charge in [0.25, 0.3) is 0 Å². The zero-order valence-electron chi connectivity index (χ0n) is 13.2. The number of hydrogen-bond acceptors (Lipinski definition) is 3. The Morgan fingerprint density at radius 1 is 1.04 bits per heavy atom. The monoisotopic (exact) mass is 311 g/mol. The van der Waals surface area contributed by atoms with E-state index in [4.69, 9.17) is 0 Å². The summed E-state index contributed by atoms with van der Waals surface area (Å²) in [5.41, 5.74) is 1.80. The first-order chi connectivity index (χ1) is 11.3. The molecule has 4 rings (SSSR count). The molecule has 2 fully saturated rings. The average molecular weight is 311 g/mol. The second kappa shape index (κ2) is 6.19. The molecule has 1 aromatic carbocycles. The van der Waals surface area contributed by atoms with Crippen LogP contribution in [0.2, 0.25) is 0 Å². The van der Waals surface area contributed by atoms with Gasteiger partial charge in [0.2, 0.25) is 0 Å². The smallest absolute Gasteiger partial charge is 0.128 e. The van der Waals surface area contributed by atoms with Crippen LogP contribution in [0.15, 0.2) is 42.6 Å². The van der Waals surface area contributed by atoms with Gasteiger partial charge in [0, 0.05) is 31.0 Å². The molecule has 1 saturated carbocycles. The highest BCUT2D eigenvalue weighted by molar-refractivity contribution is 5.48. The van der Waals surface area contributed by atoms with Crippen molar-refractivity contribution in [2.24, 2.45) is 0 Å². The first kappa shape index (κ1) is 14.5. The molecular weight excluding hydrogens is 289 g/mol. The Labute approximate surface area is 136 Å². The van der Waals surface area contributed by atoms with Crippen LogP contribution >= 0.6 is 0 Å². The molecule has 1 aliphatic carbocycles. The van der Waals surface area contributed by atoms with Gasteiger partial charge < -0.3 is 10.2 Å². The van der Waals surface area contributed by atoms with Gasteiger partial charge in [0.15, 0.2) is 0 Å². The average Bonchev–Trinajstić information content (AvgIpc) is 3.41. The van der Waals surface area contributed by atoms with Crippen LogP contribution in [-0.4, -0.2) is 24.1 Å². The van der Waals surface area contributed by atoms with E-state index in [0.717, 1.165) is 55.8 Å². The molecule has 0 radical (unpaired) electrons. The fourth-order valence-electron chi connectivity index (χ4n) is 3.37. The number of piperidine rings is 1. The van der Waals surface area contributed by atoms with Gasteiger partial charge >= 0.3 is 0 Å². The van der Waals surface area contributed by atoms with Crippen molar-refractivity contribution in [1.29, 1.82) is 0 Å². The van der Waals surface area contributed by atoms with Crippen molar-refractivity contribution >= 4 is 11.5 Å². The Kier molecular flexibility index (Phi) is 3.90. The lowest BCUT2D eigenvalue weighted by Gasteiger charge is -2.33. The molecule has 1 aromatic heterocycles. The summed E-state index contributed by atoms with van der Waals surface area (Å²) in [5, 5.41) is 3.49. The molecule has 120 valence electrons. The molecule has 23 heavy (non-hydrogen) atoms. The van der Waals surface area contributed by atoms with Gasteiger partial charge in [-0.1, -0.05) is 12.1 Å². The maximum Gasteiger partial charge on any atom is 0.128 e. The molecule has 1 aliphatic heterocycles. The fourth-order valence-corrected chi connectivity index (χ4v) is 3.37. The maximum atomic E-state index is 14.1. The molecule has 0 atom stereocenters. The first-order valence-electron chi connectivity index (χ1n) is 8.51. The number of anilines is 2. The van der Waals surface area contributed by atoms with E-state index in [0.29, 0.717) is 12.0 Å². The van der Waals surface area contributed by atoms with Crippen LogP contribution in [0.4, 0.5) is 15.9 Å². The third-order valence-corrected chi connectivity index (χ3v) is 4.86. The van der Waals surface area contributed by atoms with Gasteiger partial charge in [-0.05, 0) is 61.4 Å². The van der Waals surface area contributed by atoms with Crippen LogP contribution < -0.4 is 10.2 Å². The van der Waals surface area contributed by atoms with Crippen LogP contribution in [-0.2, 0) is 0 Å². The molecule has 0 unspecified atom stereocenters. The minimum absolute atomic E-state index is 0.0524. The molecule has 0 bridgehead atoms. The molecule has 4 heteroatoms. The first-order valence-corrected chi connectivity index (χ1v) is 8.51. The summed E-state index contributed by atoms with van der Waals surface area (Å²) in [4.78, 5) is 6.73. The molecule has 1 N–H and O–H groups in total. The molecule has 1 saturated heterocycles. The van der Waals surface area contributed by atoms with Crippen molar-refractivity contribution in [2.45, 2.75) is 37.6 Å². The summed E-state index contributed by atoms with van der Waals surface area (Å²) < 4.78 is 14.1. The van der Waals surface area contributed by atoms with E-state index in [-0.39, 0.29) is 5.82 Å². The maximum absolute atomic E-state index is 14.1. The SMILES string of the molecule is Fc1cc(NC2CCN(c3ccccn3)CC2)ccc1C1CC1. The number of pyridine rings is 1. The second-order valence-electron chi connectivity index (χ2n) is 6.60. The second-order valence-corrected chi connectivity index (χ2v) is 6.60. The highest BCUT2D eigenvalue weighted by Gasteiger charge is 2.26. The van der Waals surface area contributed by atoms with Crippen molar-refractivity contribution in [1.82, 2.24) is 4.98 Å². The van der Waals surface area contributed by atoms with Crippen LogP contribution in [0.3, 0.4) is 0 Å². The lowest BCUT2D eigenvalue weighted by atomic mass is 10.0. The number of benzene rings is 1. The summed E-state index contributed by atoms with van der Waals surface area (Å²) in [5.74, 6) is 1.46. The molecule has 2 aromatic rings. The number of hydrogen-bond donors (Lipinski definition) is 1. The Morgan fingerprint density at radius 2 is 1.87 bits per heavy atom. The Balaban J connectivity index is 1.35. The summed E-state index contributed by atoms with van der Waals surface area (Å²) in [6.07, 6.45) is 6.19. The van der Waals surface area contributed by atoms with Crippen molar-refractivity contribution in [3.8, 4) is 0 Å². The molecular formula is C19H22FN3. The van der Waals surface area contributed by atoms with Gasteiger partial charge in [-0.25, -0.2) is 9.37 Å². The molecule has 0 spiro atoms. The van der Waals surface area contributed by atoms with Crippen molar-refractivity contribution < 1.29 is 4.39 Å². The van der Waals surface area contributed by atoms with Gasteiger partial charge in [0.05, 0.1) is 0 Å². The fraction of sp³-hybridized carbons (Fsp3) is 0.421. The molecule has 2 aliphatic rings. The summed E-state index contributed by atoms with van der Waals surface area (Å²) >= 11 is 0. The van der Waals surface area contributed by atoms with Crippen LogP contribution in [0.25, 0.3) is 0 Å². The zero-order valence-corrected chi connectivity index (χ0v) is 13.2. The summed E-state index contributed by atoms with van der Waals surface area (Å²) in [6.45, 7) is 1.97. The molecule has 0 amide bonds. The van der Waals surface area contributed by atoms with E-state index in [1.165, 1.54) is 0 Å². The van der Waals surface area contributed by atoms with E-state index >= 15 is 0 Å². The minimum Gasteiger partial charge on any atom is -0.382 e. The molecule has 2 heterocycles. The van der Waals surface area contributed by atoms with E-state index in [9.17, 15) is 4.39 Å².